The lowest BCUT2D eigenvalue weighted by Crippen LogP contribution is -2.44. The number of carboxylic acid groups (broad SMARTS) is 1. The topological polar surface area (TPSA) is 122 Å². The second-order valence-corrected chi connectivity index (χ2v) is 5.81. The zero-order valence-electron chi connectivity index (χ0n) is 14.4. The second-order valence-electron chi connectivity index (χ2n) is 5.81. The van der Waals surface area contributed by atoms with Gasteiger partial charge in [-0.05, 0) is 18.1 Å². The number of Topliss-reactive ketones (excluding diaryl/α,β-unsaturated/α-hetero) is 1. The van der Waals surface area contributed by atoms with Crippen molar-refractivity contribution in [1.29, 1.82) is 0 Å². The van der Waals surface area contributed by atoms with Crippen LogP contribution in [0.5, 0.6) is 0 Å². The van der Waals surface area contributed by atoms with Gasteiger partial charge < -0.3 is 15.2 Å². The molecule has 1 aromatic carbocycles. The molecule has 142 valence electrons. The minimum atomic E-state index is -2.22. The molecule has 0 spiro atoms. The minimum absolute atomic E-state index is 0.410. The third kappa shape index (κ3) is 7.29. The second kappa shape index (κ2) is 10.1. The van der Waals surface area contributed by atoms with Crippen molar-refractivity contribution in [3.63, 3.8) is 0 Å². The molecular weight excluding hydrogens is 347 g/mol. The molecule has 3 N–H and O–H groups in total. The Morgan fingerprint density at radius 2 is 1.77 bits per heavy atom. The van der Waals surface area contributed by atoms with Gasteiger partial charge in [-0.25, -0.2) is 9.18 Å². The van der Waals surface area contributed by atoms with E-state index in [1.54, 1.807) is 44.2 Å². The third-order valence-corrected chi connectivity index (χ3v) is 3.26. The highest BCUT2D eigenvalue weighted by Crippen LogP contribution is 2.11. The van der Waals surface area contributed by atoms with Crippen LogP contribution in [-0.4, -0.2) is 47.7 Å². The Labute approximate surface area is 149 Å². The van der Waals surface area contributed by atoms with Crippen molar-refractivity contribution in [2.75, 3.05) is 11.9 Å². The first-order valence-electron chi connectivity index (χ1n) is 7.89. The fourth-order valence-corrected chi connectivity index (χ4v) is 1.93. The maximum atomic E-state index is 13.3. The fourth-order valence-electron chi connectivity index (χ4n) is 1.93. The van der Waals surface area contributed by atoms with Crippen molar-refractivity contribution in [1.82, 2.24) is 5.32 Å². The maximum absolute atomic E-state index is 13.3. The average Bonchev–Trinajstić information content (AvgIpc) is 2.57. The summed E-state index contributed by atoms with van der Waals surface area (Å²) in [6, 6.07) is 8.44. The van der Waals surface area contributed by atoms with Crippen molar-refractivity contribution in [3.8, 4) is 0 Å². The fraction of sp³-hybridized carbons (Fsp3) is 0.412. The molecule has 0 aliphatic rings. The molecule has 1 aromatic rings. The van der Waals surface area contributed by atoms with E-state index in [2.05, 4.69) is 10.6 Å². The lowest BCUT2D eigenvalue weighted by atomic mass is 10.1. The number of halogens is 1. The van der Waals surface area contributed by atoms with E-state index in [9.17, 15) is 23.6 Å². The van der Waals surface area contributed by atoms with Gasteiger partial charge >= 0.3 is 12.1 Å². The molecule has 1 unspecified atom stereocenters. The number of ether oxygens (including phenoxy) is 1. The molecule has 9 heteroatoms. The Balaban J connectivity index is 2.57. The van der Waals surface area contributed by atoms with Gasteiger partial charge in [-0.2, -0.15) is 0 Å². The van der Waals surface area contributed by atoms with Crippen LogP contribution in [0, 0.1) is 5.92 Å². The van der Waals surface area contributed by atoms with Crippen LogP contribution >= 0.6 is 0 Å². The molecule has 0 radical (unpaired) electrons. The van der Waals surface area contributed by atoms with Crippen LogP contribution in [0.2, 0.25) is 0 Å². The molecule has 26 heavy (non-hydrogen) atoms. The van der Waals surface area contributed by atoms with Crippen LogP contribution in [0.3, 0.4) is 0 Å². The van der Waals surface area contributed by atoms with Crippen molar-refractivity contribution < 1.29 is 33.4 Å². The van der Waals surface area contributed by atoms with Gasteiger partial charge in [0, 0.05) is 5.69 Å². The van der Waals surface area contributed by atoms with E-state index in [0.29, 0.717) is 5.69 Å². The van der Waals surface area contributed by atoms with Gasteiger partial charge in [-0.1, -0.05) is 32.0 Å². The number of para-hydroxylation sites is 1. The molecule has 0 aliphatic carbocycles. The highest BCUT2D eigenvalue weighted by Gasteiger charge is 2.28. The number of hydrogen-bond acceptors (Lipinski definition) is 5. The molecule has 8 nitrogen and oxygen atoms in total. The van der Waals surface area contributed by atoms with Crippen LogP contribution in [0.15, 0.2) is 30.3 Å². The van der Waals surface area contributed by atoms with Crippen molar-refractivity contribution in [3.05, 3.63) is 30.3 Å². The van der Waals surface area contributed by atoms with Crippen LogP contribution in [0.4, 0.5) is 14.9 Å². The summed E-state index contributed by atoms with van der Waals surface area (Å²) in [5, 5.41) is 13.1. The first-order chi connectivity index (χ1) is 12.2. The molecule has 0 saturated heterocycles. The first kappa shape index (κ1) is 21.1. The number of alkyl halides is 1. The van der Waals surface area contributed by atoms with E-state index in [4.69, 9.17) is 9.84 Å². The lowest BCUT2D eigenvalue weighted by molar-refractivity contribution is -0.141. The number of anilines is 1. The highest BCUT2D eigenvalue weighted by molar-refractivity contribution is 5.93. The van der Waals surface area contributed by atoms with E-state index in [1.807, 2.05) is 0 Å². The summed E-state index contributed by atoms with van der Waals surface area (Å²) in [6.45, 7) is 2.56. The van der Waals surface area contributed by atoms with Crippen LogP contribution in [0.1, 0.15) is 20.3 Å². The number of carboxylic acids is 1. The summed E-state index contributed by atoms with van der Waals surface area (Å²) < 4.78 is 18.4. The molecule has 0 saturated carbocycles. The van der Waals surface area contributed by atoms with Crippen LogP contribution in [0.25, 0.3) is 0 Å². The number of ketones is 1. The van der Waals surface area contributed by atoms with Gasteiger partial charge in [0.2, 0.25) is 0 Å². The van der Waals surface area contributed by atoms with Gasteiger partial charge in [0.25, 0.3) is 5.91 Å². The normalized spacial score (nSPS) is 12.8. The van der Waals surface area contributed by atoms with E-state index in [-0.39, 0.29) is 0 Å². The Kier molecular flexibility index (Phi) is 8.20. The molecule has 0 aliphatic heterocycles. The monoisotopic (exact) mass is 368 g/mol. The molecule has 2 atom stereocenters. The van der Waals surface area contributed by atoms with Gasteiger partial charge in [0.05, 0.1) is 13.0 Å². The average molecular weight is 368 g/mol. The minimum Gasteiger partial charge on any atom is -0.481 e. The van der Waals surface area contributed by atoms with Crippen molar-refractivity contribution >= 4 is 29.4 Å². The van der Waals surface area contributed by atoms with Crippen molar-refractivity contribution in [2.24, 2.45) is 5.92 Å². The SMILES string of the molecule is CC(C)[C@H](OC(=O)Nc1ccccc1)C(=O)NCC(=O)C(F)CC(=O)O. The highest BCUT2D eigenvalue weighted by atomic mass is 19.1. The Bertz CT molecular complexity index is 650. The molecule has 2 amide bonds. The number of amides is 2. The summed E-state index contributed by atoms with van der Waals surface area (Å²) in [5.41, 5.74) is 0.476. The largest absolute Gasteiger partial charge is 0.481 e. The zero-order valence-corrected chi connectivity index (χ0v) is 14.4. The van der Waals surface area contributed by atoms with E-state index < -0.39 is 54.9 Å². The van der Waals surface area contributed by atoms with Crippen molar-refractivity contribution in [2.45, 2.75) is 32.5 Å². The Morgan fingerprint density at radius 3 is 2.31 bits per heavy atom. The molecule has 0 aromatic heterocycles. The number of carbonyl (C=O) groups is 4. The summed E-state index contributed by atoms with van der Waals surface area (Å²) in [4.78, 5) is 45.9. The van der Waals surface area contributed by atoms with Gasteiger partial charge in [0.1, 0.15) is 0 Å². The maximum Gasteiger partial charge on any atom is 0.412 e. The number of hydrogen-bond donors (Lipinski definition) is 3. The Hall–Kier alpha value is -2.97. The summed E-state index contributed by atoms with van der Waals surface area (Å²) >= 11 is 0. The summed E-state index contributed by atoms with van der Waals surface area (Å²) in [6.07, 6.45) is -5.25. The van der Waals surface area contributed by atoms with E-state index in [0.717, 1.165) is 0 Å². The standard InChI is InChI=1S/C17H21FN2O6/c1-10(2)15(26-17(25)20-11-6-4-3-5-7-11)16(24)19-9-13(21)12(18)8-14(22)23/h3-7,10,12,15H,8-9H2,1-2H3,(H,19,24)(H,20,25)(H,22,23)/t12?,15-/m0/s1. The van der Waals surface area contributed by atoms with Gasteiger partial charge in [-0.3, -0.25) is 19.7 Å². The first-order valence-corrected chi connectivity index (χ1v) is 7.89. The van der Waals surface area contributed by atoms with Gasteiger partial charge in [-0.15, -0.1) is 0 Å². The number of nitrogens with one attached hydrogen (secondary N) is 2. The lowest BCUT2D eigenvalue weighted by Gasteiger charge is -2.21. The number of carbonyl (C=O) groups excluding carboxylic acids is 3. The van der Waals surface area contributed by atoms with E-state index >= 15 is 0 Å². The van der Waals surface area contributed by atoms with Crippen LogP contribution < -0.4 is 10.6 Å². The zero-order chi connectivity index (χ0) is 19.7. The molecule has 0 bridgehead atoms. The molecule has 1 rings (SSSR count). The van der Waals surface area contributed by atoms with Crippen LogP contribution in [-0.2, 0) is 19.1 Å². The van der Waals surface area contributed by atoms with Gasteiger partial charge in [0.15, 0.2) is 18.1 Å². The Morgan fingerprint density at radius 1 is 1.15 bits per heavy atom. The number of rotatable bonds is 9. The quantitative estimate of drug-likeness (QED) is 0.610. The third-order valence-electron chi connectivity index (χ3n) is 3.26. The molecule has 0 fully saturated rings. The number of benzene rings is 1. The molecule has 0 heterocycles. The number of aliphatic carboxylic acids is 1. The summed E-state index contributed by atoms with van der Waals surface area (Å²) in [5.74, 6) is -3.72. The predicted octanol–water partition coefficient (Wildman–Crippen LogP) is 1.76. The summed E-state index contributed by atoms with van der Waals surface area (Å²) in [7, 11) is 0. The smallest absolute Gasteiger partial charge is 0.412 e. The molecular formula is C17H21FN2O6. The van der Waals surface area contributed by atoms with E-state index in [1.165, 1.54) is 0 Å². The predicted molar refractivity (Wildman–Crippen MR) is 90.3 cm³/mol.